The van der Waals surface area contributed by atoms with Crippen molar-refractivity contribution in [2.45, 2.75) is 19.9 Å². The van der Waals surface area contributed by atoms with Crippen molar-refractivity contribution in [3.05, 3.63) is 6.33 Å². The second-order valence-electron chi connectivity index (χ2n) is 5.15. The highest BCUT2D eigenvalue weighted by molar-refractivity contribution is 5.77. The summed E-state index contributed by atoms with van der Waals surface area (Å²) >= 11 is 0. The zero-order chi connectivity index (χ0) is 16.2. The van der Waals surface area contributed by atoms with E-state index >= 15 is 0 Å². The average molecular weight is 311 g/mol. The summed E-state index contributed by atoms with van der Waals surface area (Å²) in [4.78, 5) is 12.4. The molecule has 9 nitrogen and oxygen atoms in total. The van der Waals surface area contributed by atoms with E-state index in [1.165, 1.54) is 0 Å². The van der Waals surface area contributed by atoms with Gasteiger partial charge in [0, 0.05) is 12.0 Å². The number of ether oxygens (including phenoxy) is 1. The van der Waals surface area contributed by atoms with Crippen LogP contribution in [0.25, 0.3) is 11.2 Å². The Morgan fingerprint density at radius 1 is 1.23 bits per heavy atom. The number of aliphatic hydroxyl groups is 3. The molecule has 0 saturated heterocycles. The van der Waals surface area contributed by atoms with Crippen LogP contribution in [0.15, 0.2) is 6.33 Å². The van der Waals surface area contributed by atoms with Crippen LogP contribution in [-0.4, -0.2) is 61.3 Å². The molecule has 0 bridgehead atoms. The number of nitrogen functional groups attached to an aromatic ring is 1. The molecule has 0 aliphatic carbocycles. The standard InChI is InChI=1S/C13H21N5O4/c1-2-22-11-9-10(16-12(14)17-11)18(8-15-9)4-3-13(5-19,6-20)7-21/h8,19-21H,2-7H2,1H3,(H2,14,16,17). The van der Waals surface area contributed by atoms with Crippen LogP contribution in [0, 0.1) is 5.41 Å². The number of aryl methyl sites for hydroxylation is 1. The summed E-state index contributed by atoms with van der Waals surface area (Å²) in [6.45, 7) is 1.73. The molecule has 2 heterocycles. The van der Waals surface area contributed by atoms with E-state index in [1.54, 1.807) is 10.9 Å². The van der Waals surface area contributed by atoms with Gasteiger partial charge in [0.1, 0.15) is 0 Å². The average Bonchev–Trinajstić information content (AvgIpc) is 2.93. The van der Waals surface area contributed by atoms with Gasteiger partial charge in [0.2, 0.25) is 11.8 Å². The molecule has 9 heteroatoms. The highest BCUT2D eigenvalue weighted by Gasteiger charge is 2.28. The Balaban J connectivity index is 2.29. The number of nitrogens with zero attached hydrogens (tertiary/aromatic N) is 4. The van der Waals surface area contributed by atoms with Gasteiger partial charge < -0.3 is 30.4 Å². The Labute approximate surface area is 127 Å². The van der Waals surface area contributed by atoms with Crippen LogP contribution >= 0.6 is 0 Å². The topological polar surface area (TPSA) is 140 Å². The van der Waals surface area contributed by atoms with Gasteiger partial charge in [-0.3, -0.25) is 0 Å². The molecule has 0 unspecified atom stereocenters. The largest absolute Gasteiger partial charge is 0.476 e. The molecule has 5 N–H and O–H groups in total. The van der Waals surface area contributed by atoms with Gasteiger partial charge in [-0.05, 0) is 13.3 Å². The Bertz CT molecular complexity index is 618. The molecule has 0 aliphatic rings. The van der Waals surface area contributed by atoms with Crippen molar-refractivity contribution in [2.75, 3.05) is 32.2 Å². The fourth-order valence-corrected chi connectivity index (χ4v) is 2.08. The summed E-state index contributed by atoms with van der Waals surface area (Å²) in [7, 11) is 0. The monoisotopic (exact) mass is 311 g/mol. The molecule has 0 aromatic carbocycles. The van der Waals surface area contributed by atoms with E-state index in [4.69, 9.17) is 10.5 Å². The molecule has 2 rings (SSSR count). The van der Waals surface area contributed by atoms with Crippen LogP contribution in [0.1, 0.15) is 13.3 Å². The predicted molar refractivity (Wildman–Crippen MR) is 79.2 cm³/mol. The van der Waals surface area contributed by atoms with Gasteiger partial charge in [0.15, 0.2) is 11.2 Å². The zero-order valence-electron chi connectivity index (χ0n) is 12.4. The minimum absolute atomic E-state index is 0.0791. The quantitative estimate of drug-likeness (QED) is 0.495. The number of hydrogen-bond donors (Lipinski definition) is 4. The van der Waals surface area contributed by atoms with Crippen LogP contribution in [-0.2, 0) is 6.54 Å². The molecular weight excluding hydrogens is 290 g/mol. The minimum atomic E-state index is -0.947. The number of rotatable bonds is 8. The molecule has 22 heavy (non-hydrogen) atoms. The summed E-state index contributed by atoms with van der Waals surface area (Å²) in [5.74, 6) is 0.400. The molecule has 0 atom stereocenters. The molecule has 0 amide bonds. The minimum Gasteiger partial charge on any atom is -0.476 e. The summed E-state index contributed by atoms with van der Waals surface area (Å²) in [5.41, 5.74) is 5.75. The molecule has 2 aromatic rings. The second kappa shape index (κ2) is 6.86. The number of hydrogen-bond acceptors (Lipinski definition) is 8. The van der Waals surface area contributed by atoms with Gasteiger partial charge in [0.25, 0.3) is 0 Å². The number of nitrogens with two attached hydrogens (primary N) is 1. The summed E-state index contributed by atoms with van der Waals surface area (Å²) in [5, 5.41) is 28.1. The van der Waals surface area contributed by atoms with E-state index in [0.717, 1.165) is 0 Å². The summed E-state index contributed by atoms with van der Waals surface area (Å²) < 4.78 is 7.12. The van der Waals surface area contributed by atoms with Gasteiger partial charge in [0.05, 0.1) is 32.8 Å². The number of fused-ring (bicyclic) bond motifs is 1. The first-order valence-corrected chi connectivity index (χ1v) is 7.03. The third-order valence-electron chi connectivity index (χ3n) is 3.62. The number of imidazole rings is 1. The van der Waals surface area contributed by atoms with Crippen molar-refractivity contribution in [3.8, 4) is 5.88 Å². The Hall–Kier alpha value is -1.97. The molecule has 2 aromatic heterocycles. The lowest BCUT2D eigenvalue weighted by molar-refractivity contribution is -0.00327. The van der Waals surface area contributed by atoms with E-state index in [2.05, 4.69) is 15.0 Å². The highest BCUT2D eigenvalue weighted by Crippen LogP contribution is 2.25. The maximum atomic E-state index is 9.37. The van der Waals surface area contributed by atoms with Crippen LogP contribution in [0.2, 0.25) is 0 Å². The lowest BCUT2D eigenvalue weighted by atomic mass is 9.87. The van der Waals surface area contributed by atoms with Gasteiger partial charge >= 0.3 is 0 Å². The van der Waals surface area contributed by atoms with Crippen molar-refractivity contribution in [1.82, 2.24) is 19.5 Å². The molecule has 0 radical (unpaired) electrons. The number of aliphatic hydroxyl groups excluding tert-OH is 3. The van der Waals surface area contributed by atoms with E-state index in [0.29, 0.717) is 36.6 Å². The summed E-state index contributed by atoms with van der Waals surface area (Å²) in [6.07, 6.45) is 1.92. The number of anilines is 1. The van der Waals surface area contributed by atoms with Crippen LogP contribution in [0.3, 0.4) is 0 Å². The lowest BCUT2D eigenvalue weighted by Gasteiger charge is -2.27. The zero-order valence-corrected chi connectivity index (χ0v) is 12.4. The van der Waals surface area contributed by atoms with Gasteiger partial charge in [-0.1, -0.05) is 0 Å². The van der Waals surface area contributed by atoms with E-state index in [9.17, 15) is 15.3 Å². The number of aromatic nitrogens is 4. The highest BCUT2D eigenvalue weighted by atomic mass is 16.5. The lowest BCUT2D eigenvalue weighted by Crippen LogP contribution is -2.35. The second-order valence-corrected chi connectivity index (χ2v) is 5.15. The molecule has 0 saturated carbocycles. The van der Waals surface area contributed by atoms with Crippen molar-refractivity contribution in [1.29, 1.82) is 0 Å². The van der Waals surface area contributed by atoms with E-state index in [-0.39, 0.29) is 25.8 Å². The fourth-order valence-electron chi connectivity index (χ4n) is 2.08. The maximum Gasteiger partial charge on any atom is 0.247 e. The first-order chi connectivity index (χ1) is 10.6. The van der Waals surface area contributed by atoms with Gasteiger partial charge in [-0.25, -0.2) is 4.98 Å². The normalized spacial score (nSPS) is 12.0. The molecule has 0 spiro atoms. The van der Waals surface area contributed by atoms with Gasteiger partial charge in [-0.2, -0.15) is 9.97 Å². The van der Waals surface area contributed by atoms with Crippen LogP contribution in [0.5, 0.6) is 5.88 Å². The van der Waals surface area contributed by atoms with Gasteiger partial charge in [-0.15, -0.1) is 0 Å². The predicted octanol–water partition coefficient (Wildman–Crippen LogP) is -0.839. The first kappa shape index (κ1) is 16.4. The third kappa shape index (κ3) is 3.11. The van der Waals surface area contributed by atoms with Crippen molar-refractivity contribution in [2.24, 2.45) is 5.41 Å². The molecular formula is C13H21N5O4. The summed E-state index contributed by atoms with van der Waals surface area (Å²) in [6, 6.07) is 0. The van der Waals surface area contributed by atoms with Crippen LogP contribution in [0.4, 0.5) is 5.95 Å². The third-order valence-corrected chi connectivity index (χ3v) is 3.62. The van der Waals surface area contributed by atoms with E-state index in [1.807, 2.05) is 6.92 Å². The SMILES string of the molecule is CCOc1nc(N)nc2c1ncn2CCC(CO)(CO)CO. The maximum absolute atomic E-state index is 9.37. The molecule has 0 aliphatic heterocycles. The Morgan fingerprint density at radius 3 is 2.50 bits per heavy atom. The van der Waals surface area contributed by atoms with Crippen molar-refractivity contribution >= 4 is 17.1 Å². The first-order valence-electron chi connectivity index (χ1n) is 7.03. The van der Waals surface area contributed by atoms with E-state index < -0.39 is 5.41 Å². The smallest absolute Gasteiger partial charge is 0.247 e. The fraction of sp³-hybridized carbons (Fsp3) is 0.615. The van der Waals surface area contributed by atoms with Crippen molar-refractivity contribution in [3.63, 3.8) is 0 Å². The molecule has 0 fully saturated rings. The Morgan fingerprint density at radius 2 is 1.91 bits per heavy atom. The van der Waals surface area contributed by atoms with Crippen LogP contribution < -0.4 is 10.5 Å². The Kier molecular flexibility index (Phi) is 5.11. The van der Waals surface area contributed by atoms with Crippen molar-refractivity contribution < 1.29 is 20.1 Å². The molecule has 122 valence electrons.